The summed E-state index contributed by atoms with van der Waals surface area (Å²) in [4.78, 5) is 22.7. The molecule has 0 aliphatic heterocycles. The average molecular weight is 225 g/mol. The topological polar surface area (TPSA) is 98.2 Å². The summed E-state index contributed by atoms with van der Waals surface area (Å²) in [6.07, 6.45) is 4.78. The summed E-state index contributed by atoms with van der Waals surface area (Å²) in [5.74, 6) is -0.266. The van der Waals surface area contributed by atoms with Crippen molar-refractivity contribution in [3.8, 4) is 0 Å². The highest BCUT2D eigenvalue weighted by Gasteiger charge is 2.46. The van der Waals surface area contributed by atoms with Crippen molar-refractivity contribution in [2.24, 2.45) is 17.4 Å². The zero-order valence-electron chi connectivity index (χ0n) is 9.37. The van der Waals surface area contributed by atoms with Crippen LogP contribution in [0.5, 0.6) is 0 Å². The van der Waals surface area contributed by atoms with Crippen LogP contribution in [-0.4, -0.2) is 23.4 Å². The van der Waals surface area contributed by atoms with Crippen LogP contribution in [0, 0.1) is 5.92 Å². The summed E-state index contributed by atoms with van der Waals surface area (Å²) in [7, 11) is 0. The van der Waals surface area contributed by atoms with E-state index in [1.165, 1.54) is 0 Å². The van der Waals surface area contributed by atoms with Gasteiger partial charge in [-0.15, -0.1) is 0 Å². The first-order valence-electron chi connectivity index (χ1n) is 5.90. The van der Waals surface area contributed by atoms with Crippen LogP contribution in [0.3, 0.4) is 0 Å². The van der Waals surface area contributed by atoms with Gasteiger partial charge >= 0.3 is 0 Å². The van der Waals surface area contributed by atoms with Gasteiger partial charge in [-0.2, -0.15) is 0 Å². The first-order chi connectivity index (χ1) is 7.51. The van der Waals surface area contributed by atoms with Crippen LogP contribution in [0.2, 0.25) is 0 Å². The molecule has 2 aliphatic carbocycles. The molecule has 2 amide bonds. The highest BCUT2D eigenvalue weighted by Crippen LogP contribution is 2.33. The molecule has 2 fully saturated rings. The Labute approximate surface area is 94.9 Å². The van der Waals surface area contributed by atoms with Gasteiger partial charge in [0.05, 0.1) is 5.54 Å². The van der Waals surface area contributed by atoms with E-state index in [0.29, 0.717) is 0 Å². The van der Waals surface area contributed by atoms with Crippen LogP contribution in [0.4, 0.5) is 0 Å². The third-order valence-corrected chi connectivity index (χ3v) is 3.71. The average Bonchev–Trinajstić information content (AvgIpc) is 2.99. The smallest absolute Gasteiger partial charge is 0.240 e. The van der Waals surface area contributed by atoms with Crippen molar-refractivity contribution in [1.29, 1.82) is 0 Å². The summed E-state index contributed by atoms with van der Waals surface area (Å²) in [6.45, 7) is 0. The molecule has 5 N–H and O–H groups in total. The molecule has 5 heteroatoms. The Morgan fingerprint density at radius 2 is 1.69 bits per heavy atom. The third kappa shape index (κ3) is 2.35. The van der Waals surface area contributed by atoms with E-state index in [0.717, 1.165) is 38.5 Å². The summed E-state index contributed by atoms with van der Waals surface area (Å²) < 4.78 is 0. The van der Waals surface area contributed by atoms with Crippen molar-refractivity contribution in [3.63, 3.8) is 0 Å². The van der Waals surface area contributed by atoms with Crippen molar-refractivity contribution >= 4 is 11.8 Å². The quantitative estimate of drug-likeness (QED) is 0.611. The Morgan fingerprint density at radius 1 is 1.12 bits per heavy atom. The zero-order chi connectivity index (χ0) is 11.8. The SMILES string of the molecule is NC(=O)C1CCC(NC(=O)C2(N)CC2)CC1. The van der Waals surface area contributed by atoms with Crippen LogP contribution >= 0.6 is 0 Å². The number of carbonyl (C=O) groups is 2. The van der Waals surface area contributed by atoms with Gasteiger partial charge in [0, 0.05) is 12.0 Å². The van der Waals surface area contributed by atoms with Crippen molar-refractivity contribution in [3.05, 3.63) is 0 Å². The first kappa shape index (κ1) is 11.4. The van der Waals surface area contributed by atoms with E-state index in [1.807, 2.05) is 0 Å². The Balaban J connectivity index is 1.77. The fraction of sp³-hybridized carbons (Fsp3) is 0.818. The van der Waals surface area contributed by atoms with Crippen LogP contribution in [0.15, 0.2) is 0 Å². The van der Waals surface area contributed by atoms with Gasteiger partial charge in [0.1, 0.15) is 0 Å². The molecule has 0 bridgehead atoms. The maximum atomic E-state index is 11.7. The molecule has 0 unspecified atom stereocenters. The summed E-state index contributed by atoms with van der Waals surface area (Å²) in [5, 5.41) is 2.96. The molecule has 5 nitrogen and oxygen atoms in total. The van der Waals surface area contributed by atoms with Gasteiger partial charge < -0.3 is 16.8 Å². The monoisotopic (exact) mass is 225 g/mol. The molecule has 0 saturated heterocycles. The first-order valence-corrected chi connectivity index (χ1v) is 5.90. The molecular formula is C11H19N3O2. The summed E-state index contributed by atoms with van der Waals surface area (Å²) in [6, 6.07) is 0.170. The second-order valence-corrected chi connectivity index (χ2v) is 5.08. The van der Waals surface area contributed by atoms with E-state index in [-0.39, 0.29) is 23.8 Å². The number of hydrogen-bond acceptors (Lipinski definition) is 3. The Hall–Kier alpha value is -1.10. The number of primary amides is 1. The van der Waals surface area contributed by atoms with Crippen LogP contribution in [0.1, 0.15) is 38.5 Å². The molecule has 0 aromatic heterocycles. The molecule has 0 spiro atoms. The maximum Gasteiger partial charge on any atom is 0.240 e. The molecule has 90 valence electrons. The van der Waals surface area contributed by atoms with E-state index in [9.17, 15) is 9.59 Å². The molecule has 0 atom stereocenters. The molecule has 0 radical (unpaired) electrons. The number of carbonyl (C=O) groups excluding carboxylic acids is 2. The van der Waals surface area contributed by atoms with E-state index < -0.39 is 5.54 Å². The third-order valence-electron chi connectivity index (χ3n) is 3.71. The molecule has 0 aromatic carbocycles. The number of nitrogens with one attached hydrogen (secondary N) is 1. The summed E-state index contributed by atoms with van der Waals surface area (Å²) in [5.41, 5.74) is 10.4. The predicted octanol–water partition coefficient (Wildman–Crippen LogP) is -0.362. The van der Waals surface area contributed by atoms with Crippen LogP contribution in [0.25, 0.3) is 0 Å². The van der Waals surface area contributed by atoms with E-state index >= 15 is 0 Å². The second-order valence-electron chi connectivity index (χ2n) is 5.08. The minimum absolute atomic E-state index is 0.0130. The fourth-order valence-corrected chi connectivity index (χ4v) is 2.21. The van der Waals surface area contributed by atoms with Crippen molar-refractivity contribution in [1.82, 2.24) is 5.32 Å². The van der Waals surface area contributed by atoms with Crippen molar-refractivity contribution in [2.45, 2.75) is 50.1 Å². The number of hydrogen-bond donors (Lipinski definition) is 3. The minimum atomic E-state index is -0.597. The van der Waals surface area contributed by atoms with E-state index in [1.54, 1.807) is 0 Å². The van der Waals surface area contributed by atoms with E-state index in [4.69, 9.17) is 11.5 Å². The number of nitrogens with two attached hydrogens (primary N) is 2. The second kappa shape index (κ2) is 4.05. The van der Waals surface area contributed by atoms with Crippen LogP contribution < -0.4 is 16.8 Å². The van der Waals surface area contributed by atoms with E-state index in [2.05, 4.69) is 5.32 Å². The lowest BCUT2D eigenvalue weighted by atomic mass is 9.85. The predicted molar refractivity (Wildman–Crippen MR) is 59.2 cm³/mol. The minimum Gasteiger partial charge on any atom is -0.369 e. The molecule has 0 heterocycles. The van der Waals surface area contributed by atoms with Gasteiger partial charge in [0.25, 0.3) is 0 Å². The lowest BCUT2D eigenvalue weighted by Gasteiger charge is -2.28. The van der Waals surface area contributed by atoms with Crippen molar-refractivity contribution in [2.75, 3.05) is 0 Å². The Bertz CT molecular complexity index is 304. The Morgan fingerprint density at radius 3 is 2.12 bits per heavy atom. The highest BCUT2D eigenvalue weighted by atomic mass is 16.2. The lowest BCUT2D eigenvalue weighted by molar-refractivity contribution is -0.124. The largest absolute Gasteiger partial charge is 0.369 e. The highest BCUT2D eigenvalue weighted by molar-refractivity contribution is 5.89. The van der Waals surface area contributed by atoms with Gasteiger partial charge in [-0.3, -0.25) is 9.59 Å². The lowest BCUT2D eigenvalue weighted by Crippen LogP contribution is -2.48. The zero-order valence-corrected chi connectivity index (χ0v) is 9.37. The molecule has 16 heavy (non-hydrogen) atoms. The standard InChI is InChI=1S/C11H19N3O2/c12-9(15)7-1-3-8(4-2-7)14-10(16)11(13)5-6-11/h7-8H,1-6,13H2,(H2,12,15)(H,14,16). The Kier molecular flexibility index (Phi) is 2.88. The molecule has 2 aliphatic rings. The number of amides is 2. The van der Waals surface area contributed by atoms with Gasteiger partial charge in [-0.1, -0.05) is 0 Å². The van der Waals surface area contributed by atoms with Crippen LogP contribution in [-0.2, 0) is 9.59 Å². The molecule has 0 aromatic rings. The maximum absolute atomic E-state index is 11.7. The van der Waals surface area contributed by atoms with Gasteiger partial charge in [-0.25, -0.2) is 0 Å². The van der Waals surface area contributed by atoms with Crippen molar-refractivity contribution < 1.29 is 9.59 Å². The molecular weight excluding hydrogens is 206 g/mol. The number of rotatable bonds is 3. The summed E-state index contributed by atoms with van der Waals surface area (Å²) >= 11 is 0. The normalized spacial score (nSPS) is 31.8. The molecule has 2 saturated carbocycles. The van der Waals surface area contributed by atoms with Gasteiger partial charge in [0.15, 0.2) is 0 Å². The van der Waals surface area contributed by atoms with Gasteiger partial charge in [0.2, 0.25) is 11.8 Å². The fourth-order valence-electron chi connectivity index (χ4n) is 2.21. The van der Waals surface area contributed by atoms with Gasteiger partial charge in [-0.05, 0) is 38.5 Å². The molecule has 2 rings (SSSR count).